The molecule has 0 aromatic carbocycles. The van der Waals surface area contributed by atoms with Gasteiger partial charge in [0.15, 0.2) is 0 Å². The Morgan fingerprint density at radius 2 is 1.76 bits per heavy atom. The van der Waals surface area contributed by atoms with Crippen molar-refractivity contribution >= 4 is 12.6 Å². The zero-order valence-electron chi connectivity index (χ0n) is 12.8. The van der Waals surface area contributed by atoms with Gasteiger partial charge >= 0.3 is 7.12 Å². The SMILES string of the molecule is CC1(C)OB(c2ccc(C3(C#N)COC3)nc2)OC1(C)C. The fourth-order valence-corrected chi connectivity index (χ4v) is 2.38. The van der Waals surface area contributed by atoms with Crippen LogP contribution in [0.2, 0.25) is 0 Å². The van der Waals surface area contributed by atoms with Crippen LogP contribution in [0.1, 0.15) is 33.4 Å². The summed E-state index contributed by atoms with van der Waals surface area (Å²) in [7, 11) is -0.424. The van der Waals surface area contributed by atoms with Crippen LogP contribution in [0.4, 0.5) is 0 Å². The van der Waals surface area contributed by atoms with Crippen LogP contribution in [0.3, 0.4) is 0 Å². The first-order valence-electron chi connectivity index (χ1n) is 7.11. The molecule has 21 heavy (non-hydrogen) atoms. The normalized spacial score (nSPS) is 25.2. The molecule has 1 aromatic heterocycles. The second-order valence-electron chi connectivity index (χ2n) is 6.75. The van der Waals surface area contributed by atoms with E-state index in [1.54, 1.807) is 6.20 Å². The summed E-state index contributed by atoms with van der Waals surface area (Å²) in [5.74, 6) is 0. The number of rotatable bonds is 2. The van der Waals surface area contributed by atoms with Crippen molar-refractivity contribution in [1.82, 2.24) is 4.98 Å². The monoisotopic (exact) mass is 286 g/mol. The molecular weight excluding hydrogens is 267 g/mol. The molecule has 2 fully saturated rings. The molecule has 0 spiro atoms. The van der Waals surface area contributed by atoms with Gasteiger partial charge in [0, 0.05) is 11.7 Å². The van der Waals surface area contributed by atoms with E-state index in [-0.39, 0.29) is 11.2 Å². The third-order valence-electron chi connectivity index (χ3n) is 4.71. The first-order chi connectivity index (χ1) is 9.80. The van der Waals surface area contributed by atoms with Gasteiger partial charge in [0.05, 0.1) is 36.2 Å². The van der Waals surface area contributed by atoms with Crippen molar-refractivity contribution < 1.29 is 14.0 Å². The van der Waals surface area contributed by atoms with E-state index in [9.17, 15) is 5.26 Å². The molecule has 5 nitrogen and oxygen atoms in total. The number of aromatic nitrogens is 1. The number of nitriles is 1. The van der Waals surface area contributed by atoms with Crippen LogP contribution in [0.25, 0.3) is 0 Å². The van der Waals surface area contributed by atoms with Gasteiger partial charge in [-0.3, -0.25) is 4.98 Å². The van der Waals surface area contributed by atoms with Gasteiger partial charge in [-0.1, -0.05) is 6.07 Å². The molecule has 3 rings (SSSR count). The number of nitrogens with zero attached hydrogens (tertiary/aromatic N) is 2. The zero-order valence-corrected chi connectivity index (χ0v) is 12.8. The Morgan fingerprint density at radius 1 is 1.14 bits per heavy atom. The largest absolute Gasteiger partial charge is 0.496 e. The maximum atomic E-state index is 9.29. The molecule has 110 valence electrons. The molecule has 0 aliphatic carbocycles. The lowest BCUT2D eigenvalue weighted by Gasteiger charge is -2.34. The van der Waals surface area contributed by atoms with Crippen molar-refractivity contribution in [2.45, 2.75) is 44.3 Å². The van der Waals surface area contributed by atoms with Crippen molar-refractivity contribution in [1.29, 1.82) is 5.26 Å². The summed E-state index contributed by atoms with van der Waals surface area (Å²) < 4.78 is 17.1. The lowest BCUT2D eigenvalue weighted by molar-refractivity contribution is -0.0317. The van der Waals surface area contributed by atoms with Crippen molar-refractivity contribution in [2.24, 2.45) is 0 Å². The van der Waals surface area contributed by atoms with Crippen molar-refractivity contribution in [3.8, 4) is 6.07 Å². The first kappa shape index (κ1) is 14.5. The Balaban J connectivity index is 1.82. The van der Waals surface area contributed by atoms with E-state index in [1.165, 1.54) is 0 Å². The van der Waals surface area contributed by atoms with E-state index in [1.807, 2.05) is 39.8 Å². The van der Waals surface area contributed by atoms with Crippen LogP contribution in [0, 0.1) is 11.3 Å². The van der Waals surface area contributed by atoms with Gasteiger partial charge in [0.25, 0.3) is 0 Å². The molecular formula is C15H19BN2O3. The zero-order chi connectivity index (χ0) is 15.3. The van der Waals surface area contributed by atoms with Gasteiger partial charge in [-0.05, 0) is 33.8 Å². The highest BCUT2D eigenvalue weighted by Crippen LogP contribution is 2.36. The van der Waals surface area contributed by atoms with Crippen molar-refractivity contribution in [3.63, 3.8) is 0 Å². The Hall–Kier alpha value is -1.42. The van der Waals surface area contributed by atoms with E-state index >= 15 is 0 Å². The van der Waals surface area contributed by atoms with E-state index in [0.29, 0.717) is 13.2 Å². The Bertz CT molecular complexity index is 572. The van der Waals surface area contributed by atoms with Gasteiger partial charge in [-0.25, -0.2) is 0 Å². The summed E-state index contributed by atoms with van der Waals surface area (Å²) in [4.78, 5) is 4.42. The summed E-state index contributed by atoms with van der Waals surface area (Å²) in [6.07, 6.45) is 1.73. The van der Waals surface area contributed by atoms with Gasteiger partial charge in [-0.2, -0.15) is 5.26 Å². The summed E-state index contributed by atoms with van der Waals surface area (Å²) in [6, 6.07) is 6.08. The third-order valence-corrected chi connectivity index (χ3v) is 4.71. The van der Waals surface area contributed by atoms with Gasteiger partial charge in [0.2, 0.25) is 0 Å². The highest BCUT2D eigenvalue weighted by atomic mass is 16.7. The van der Waals surface area contributed by atoms with Crippen LogP contribution in [-0.2, 0) is 19.5 Å². The Kier molecular flexibility index (Phi) is 3.14. The molecule has 0 bridgehead atoms. The average Bonchev–Trinajstić information content (AvgIpc) is 2.59. The van der Waals surface area contributed by atoms with Crippen LogP contribution in [0.15, 0.2) is 18.3 Å². The Labute approximate surface area is 125 Å². The summed E-state index contributed by atoms with van der Waals surface area (Å²) in [5, 5.41) is 9.29. The molecule has 2 aliphatic heterocycles. The lowest BCUT2D eigenvalue weighted by atomic mass is 9.78. The number of hydrogen-bond acceptors (Lipinski definition) is 5. The summed E-state index contributed by atoms with van der Waals surface area (Å²) >= 11 is 0. The molecule has 0 radical (unpaired) electrons. The standard InChI is InChI=1S/C15H19BN2O3/c1-13(2)14(3,4)21-16(20-13)11-5-6-12(18-7-11)15(8-17)9-19-10-15/h5-7H,9-10H2,1-4H3. The molecule has 0 amide bonds. The first-order valence-corrected chi connectivity index (χ1v) is 7.11. The van der Waals surface area contributed by atoms with Crippen molar-refractivity contribution in [3.05, 3.63) is 24.0 Å². The minimum absolute atomic E-state index is 0.369. The second-order valence-corrected chi connectivity index (χ2v) is 6.75. The van der Waals surface area contributed by atoms with E-state index in [0.717, 1.165) is 11.2 Å². The molecule has 3 heterocycles. The predicted octanol–water partition coefficient (Wildman–Crippen LogP) is 1.17. The highest BCUT2D eigenvalue weighted by molar-refractivity contribution is 6.62. The van der Waals surface area contributed by atoms with Crippen LogP contribution < -0.4 is 5.46 Å². The number of ether oxygens (including phenoxy) is 1. The highest BCUT2D eigenvalue weighted by Gasteiger charge is 2.52. The molecule has 0 N–H and O–H groups in total. The summed E-state index contributed by atoms with van der Waals surface area (Å²) in [6.45, 7) is 8.89. The van der Waals surface area contributed by atoms with Gasteiger partial charge < -0.3 is 14.0 Å². The Morgan fingerprint density at radius 3 is 2.14 bits per heavy atom. The molecule has 0 atom stereocenters. The fraction of sp³-hybridized carbons (Fsp3) is 0.600. The molecule has 0 unspecified atom stereocenters. The van der Waals surface area contributed by atoms with E-state index in [2.05, 4.69) is 11.1 Å². The molecule has 6 heteroatoms. The smallest absolute Gasteiger partial charge is 0.399 e. The van der Waals surface area contributed by atoms with Gasteiger partial charge in [-0.15, -0.1) is 0 Å². The average molecular weight is 286 g/mol. The van der Waals surface area contributed by atoms with Crippen LogP contribution in [-0.4, -0.2) is 36.5 Å². The minimum atomic E-state index is -0.589. The third kappa shape index (κ3) is 2.17. The topological polar surface area (TPSA) is 64.4 Å². The molecule has 2 saturated heterocycles. The van der Waals surface area contributed by atoms with Crippen LogP contribution >= 0.6 is 0 Å². The second kappa shape index (κ2) is 4.54. The molecule has 2 aliphatic rings. The predicted molar refractivity (Wildman–Crippen MR) is 78.1 cm³/mol. The maximum absolute atomic E-state index is 9.29. The quantitative estimate of drug-likeness (QED) is 0.764. The lowest BCUT2D eigenvalue weighted by Crippen LogP contribution is -2.46. The number of hydrogen-bond donors (Lipinski definition) is 0. The van der Waals surface area contributed by atoms with E-state index in [4.69, 9.17) is 14.0 Å². The molecule has 0 saturated carbocycles. The summed E-state index contributed by atoms with van der Waals surface area (Å²) in [5.41, 5.74) is 0.286. The van der Waals surface area contributed by atoms with E-state index < -0.39 is 12.5 Å². The van der Waals surface area contributed by atoms with Gasteiger partial charge in [0.1, 0.15) is 5.41 Å². The fourth-order valence-electron chi connectivity index (χ4n) is 2.38. The number of pyridine rings is 1. The van der Waals surface area contributed by atoms with Crippen LogP contribution in [0.5, 0.6) is 0 Å². The molecule has 1 aromatic rings. The minimum Gasteiger partial charge on any atom is -0.399 e. The maximum Gasteiger partial charge on any atom is 0.496 e. The van der Waals surface area contributed by atoms with Crippen molar-refractivity contribution in [2.75, 3.05) is 13.2 Å².